The number of aryl methyl sites for hydroxylation is 1. The molecule has 0 radical (unpaired) electrons. The third kappa shape index (κ3) is 2.97. The van der Waals surface area contributed by atoms with Gasteiger partial charge >= 0.3 is 0 Å². The van der Waals surface area contributed by atoms with E-state index in [1.807, 2.05) is 13.1 Å². The minimum atomic E-state index is 0.245. The molecule has 1 rings (SSSR count). The summed E-state index contributed by atoms with van der Waals surface area (Å²) in [5.74, 6) is 0. The molecule has 0 aromatic heterocycles. The molecule has 0 aliphatic carbocycles. The fourth-order valence-electron chi connectivity index (χ4n) is 1.52. The Kier molecular flexibility index (Phi) is 4.16. The lowest BCUT2D eigenvalue weighted by atomic mass is 10.1. The van der Waals surface area contributed by atoms with Crippen molar-refractivity contribution < 1.29 is 0 Å². The van der Waals surface area contributed by atoms with Gasteiger partial charge in [-0.1, -0.05) is 15.9 Å². The molecule has 0 amide bonds. The Morgan fingerprint density at radius 3 is 2.73 bits per heavy atom. The summed E-state index contributed by atoms with van der Waals surface area (Å²) in [6, 6.07) is 8.63. The average Bonchev–Trinajstić information content (AvgIpc) is 2.17. The lowest BCUT2D eigenvalue weighted by Crippen LogP contribution is -2.28. The molecule has 0 aliphatic heterocycles. The van der Waals surface area contributed by atoms with Crippen molar-refractivity contribution in [1.29, 1.82) is 5.26 Å². The second-order valence-corrected chi connectivity index (χ2v) is 4.67. The van der Waals surface area contributed by atoms with E-state index in [0.29, 0.717) is 6.42 Å². The number of benzene rings is 1. The van der Waals surface area contributed by atoms with E-state index in [0.717, 1.165) is 4.47 Å². The number of halogens is 1. The molecule has 0 fully saturated rings. The Morgan fingerprint density at radius 1 is 1.53 bits per heavy atom. The molecule has 3 heteroatoms. The van der Waals surface area contributed by atoms with Crippen molar-refractivity contribution in [2.75, 3.05) is 11.9 Å². The molecule has 80 valence electrons. The monoisotopic (exact) mass is 266 g/mol. The maximum Gasteiger partial charge on any atom is 0.0643 e. The van der Waals surface area contributed by atoms with Gasteiger partial charge in [-0.25, -0.2) is 0 Å². The molecule has 1 aromatic carbocycles. The van der Waals surface area contributed by atoms with Crippen molar-refractivity contribution in [3.8, 4) is 6.07 Å². The van der Waals surface area contributed by atoms with Crippen molar-refractivity contribution >= 4 is 21.6 Å². The van der Waals surface area contributed by atoms with Crippen molar-refractivity contribution in [1.82, 2.24) is 0 Å². The van der Waals surface area contributed by atoms with Gasteiger partial charge < -0.3 is 4.90 Å². The van der Waals surface area contributed by atoms with Crippen LogP contribution in [0.2, 0.25) is 0 Å². The fraction of sp³-hybridized carbons (Fsp3) is 0.417. The molecule has 1 aromatic rings. The van der Waals surface area contributed by atoms with Gasteiger partial charge in [-0.3, -0.25) is 0 Å². The molecule has 1 unspecified atom stereocenters. The smallest absolute Gasteiger partial charge is 0.0643 e. The summed E-state index contributed by atoms with van der Waals surface area (Å²) in [7, 11) is 2.03. The molecule has 0 N–H and O–H groups in total. The summed E-state index contributed by atoms with van der Waals surface area (Å²) in [6.45, 7) is 4.14. The van der Waals surface area contributed by atoms with E-state index in [4.69, 9.17) is 5.26 Å². The maximum absolute atomic E-state index is 8.66. The first kappa shape index (κ1) is 12.1. The second-order valence-electron chi connectivity index (χ2n) is 3.75. The fourth-order valence-corrected chi connectivity index (χ4v) is 2.00. The van der Waals surface area contributed by atoms with Crippen molar-refractivity contribution in [2.24, 2.45) is 0 Å². The number of nitriles is 1. The highest BCUT2D eigenvalue weighted by molar-refractivity contribution is 9.10. The lowest BCUT2D eigenvalue weighted by Gasteiger charge is -2.26. The summed E-state index contributed by atoms with van der Waals surface area (Å²) in [6.07, 6.45) is 0.548. The molecule has 15 heavy (non-hydrogen) atoms. The molecular formula is C12H15BrN2. The van der Waals surface area contributed by atoms with Crippen molar-refractivity contribution in [2.45, 2.75) is 26.3 Å². The normalized spacial score (nSPS) is 11.9. The molecule has 0 saturated heterocycles. The van der Waals surface area contributed by atoms with Crippen LogP contribution in [0.3, 0.4) is 0 Å². The van der Waals surface area contributed by atoms with E-state index in [1.165, 1.54) is 11.3 Å². The average molecular weight is 267 g/mol. The van der Waals surface area contributed by atoms with Crippen LogP contribution in [0, 0.1) is 18.3 Å². The minimum absolute atomic E-state index is 0.245. The van der Waals surface area contributed by atoms with Gasteiger partial charge in [-0.05, 0) is 37.6 Å². The largest absolute Gasteiger partial charge is 0.371 e. The first-order valence-corrected chi connectivity index (χ1v) is 5.71. The first-order valence-electron chi connectivity index (χ1n) is 4.92. The van der Waals surface area contributed by atoms with Crippen LogP contribution in [-0.4, -0.2) is 13.1 Å². The molecule has 0 aliphatic rings. The van der Waals surface area contributed by atoms with E-state index in [1.54, 1.807) is 0 Å². The van der Waals surface area contributed by atoms with Crippen LogP contribution in [0.4, 0.5) is 5.69 Å². The Labute approximate surface area is 99.6 Å². The topological polar surface area (TPSA) is 27.0 Å². The molecule has 1 atom stereocenters. The van der Waals surface area contributed by atoms with Gasteiger partial charge in [0, 0.05) is 23.2 Å². The van der Waals surface area contributed by atoms with E-state index in [-0.39, 0.29) is 6.04 Å². The standard InChI is InChI=1S/C12H15BrN2/c1-9-8-11(13)4-5-12(9)15(3)10(2)6-7-14/h4-5,8,10H,6H2,1-3H3. The third-order valence-corrected chi connectivity index (χ3v) is 3.08. The number of anilines is 1. The number of hydrogen-bond acceptors (Lipinski definition) is 2. The molecule has 0 bridgehead atoms. The zero-order valence-electron chi connectivity index (χ0n) is 9.29. The van der Waals surface area contributed by atoms with E-state index in [9.17, 15) is 0 Å². The Bertz CT molecular complexity index is 382. The van der Waals surface area contributed by atoms with Crippen LogP contribution in [0.15, 0.2) is 22.7 Å². The number of hydrogen-bond donors (Lipinski definition) is 0. The van der Waals surface area contributed by atoms with Gasteiger partial charge in [0.1, 0.15) is 0 Å². The van der Waals surface area contributed by atoms with Gasteiger partial charge in [0.25, 0.3) is 0 Å². The van der Waals surface area contributed by atoms with E-state index in [2.05, 4.69) is 52.9 Å². The molecule has 0 spiro atoms. The predicted molar refractivity (Wildman–Crippen MR) is 67.0 cm³/mol. The Morgan fingerprint density at radius 2 is 2.20 bits per heavy atom. The molecular weight excluding hydrogens is 252 g/mol. The predicted octanol–water partition coefficient (Wildman–Crippen LogP) is 3.50. The Balaban J connectivity index is 2.91. The van der Waals surface area contributed by atoms with Crippen LogP contribution in [0.1, 0.15) is 18.9 Å². The molecule has 0 heterocycles. The summed E-state index contributed by atoms with van der Waals surface area (Å²) in [5, 5.41) is 8.66. The molecule has 2 nitrogen and oxygen atoms in total. The highest BCUT2D eigenvalue weighted by Crippen LogP contribution is 2.24. The highest BCUT2D eigenvalue weighted by Gasteiger charge is 2.11. The summed E-state index contributed by atoms with van der Waals surface area (Å²) in [5.41, 5.74) is 2.40. The van der Waals surface area contributed by atoms with Gasteiger partial charge in [-0.15, -0.1) is 0 Å². The maximum atomic E-state index is 8.66. The van der Waals surface area contributed by atoms with E-state index < -0.39 is 0 Å². The van der Waals surface area contributed by atoms with E-state index >= 15 is 0 Å². The van der Waals surface area contributed by atoms with Crippen molar-refractivity contribution in [3.05, 3.63) is 28.2 Å². The molecule has 0 saturated carbocycles. The van der Waals surface area contributed by atoms with Gasteiger partial charge in [0.2, 0.25) is 0 Å². The number of nitrogens with zero attached hydrogens (tertiary/aromatic N) is 2. The SMILES string of the molecule is Cc1cc(Br)ccc1N(C)C(C)CC#N. The van der Waals surface area contributed by atoms with Crippen LogP contribution in [-0.2, 0) is 0 Å². The first-order chi connectivity index (χ1) is 7.06. The van der Waals surface area contributed by atoms with Crippen LogP contribution >= 0.6 is 15.9 Å². The zero-order valence-corrected chi connectivity index (χ0v) is 10.9. The van der Waals surface area contributed by atoms with Crippen LogP contribution < -0.4 is 4.90 Å². The Hall–Kier alpha value is -1.01. The van der Waals surface area contributed by atoms with Crippen LogP contribution in [0.25, 0.3) is 0 Å². The second kappa shape index (κ2) is 5.18. The van der Waals surface area contributed by atoms with Crippen molar-refractivity contribution in [3.63, 3.8) is 0 Å². The quantitative estimate of drug-likeness (QED) is 0.838. The van der Waals surface area contributed by atoms with Crippen LogP contribution in [0.5, 0.6) is 0 Å². The van der Waals surface area contributed by atoms with Gasteiger partial charge in [0.15, 0.2) is 0 Å². The summed E-state index contributed by atoms with van der Waals surface area (Å²) in [4.78, 5) is 2.14. The number of rotatable bonds is 3. The minimum Gasteiger partial charge on any atom is -0.371 e. The summed E-state index contributed by atoms with van der Waals surface area (Å²) < 4.78 is 1.09. The third-order valence-electron chi connectivity index (χ3n) is 2.59. The summed E-state index contributed by atoms with van der Waals surface area (Å²) >= 11 is 3.44. The van der Waals surface area contributed by atoms with Gasteiger partial charge in [0.05, 0.1) is 12.5 Å². The van der Waals surface area contributed by atoms with Gasteiger partial charge in [-0.2, -0.15) is 5.26 Å². The zero-order chi connectivity index (χ0) is 11.4. The lowest BCUT2D eigenvalue weighted by molar-refractivity contribution is 0.701. The highest BCUT2D eigenvalue weighted by atomic mass is 79.9.